The maximum absolute atomic E-state index is 15.1. The molecule has 0 aromatic heterocycles. The number of alkyl halides is 3. The fourth-order valence-corrected chi connectivity index (χ4v) is 7.65. The average molecular weight is 702 g/mol. The second-order valence-electron chi connectivity index (χ2n) is 10.8. The predicted octanol–water partition coefficient (Wildman–Crippen LogP) is 7.06. The molecule has 1 N–H and O–H groups in total. The highest BCUT2D eigenvalue weighted by Crippen LogP contribution is 2.47. The normalized spacial score (nSPS) is 20.3. The lowest BCUT2D eigenvalue weighted by Crippen LogP contribution is -2.55. The topological polar surface area (TPSA) is 104 Å². The van der Waals surface area contributed by atoms with Crippen LogP contribution in [0.25, 0.3) is 0 Å². The second kappa shape index (κ2) is 13.1. The van der Waals surface area contributed by atoms with E-state index < -0.39 is 81.7 Å². The molecule has 244 valence electrons. The van der Waals surface area contributed by atoms with E-state index in [4.69, 9.17) is 27.9 Å². The van der Waals surface area contributed by atoms with Crippen LogP contribution in [0.5, 0.6) is 0 Å². The maximum atomic E-state index is 15.1. The number of para-hydroxylation sites is 1. The highest BCUT2D eigenvalue weighted by molar-refractivity contribution is 7.93. The molecular formula is C31H26Cl2F4N2O6S. The molecule has 1 aliphatic heterocycles. The molecule has 3 aromatic carbocycles. The Morgan fingerprint density at radius 2 is 1.70 bits per heavy atom. The Morgan fingerprint density at radius 1 is 1.02 bits per heavy atom. The lowest BCUT2D eigenvalue weighted by molar-refractivity contribution is -0.169. The SMILES string of the molecule is O=C(O)/C=C1\O[C@H](c2cccc(Cl)c2)[C@@H](c2ccc(Cl)cc2)N([C@@H](CN(c2ccccc2F)S(=O)(=O)C2CC2)CC(F)(F)F)C1=O. The van der Waals surface area contributed by atoms with E-state index >= 15 is 4.39 Å². The molecule has 0 bridgehead atoms. The molecule has 5 rings (SSSR count). The minimum absolute atomic E-state index is 0.219. The van der Waals surface area contributed by atoms with Gasteiger partial charge < -0.3 is 14.7 Å². The molecule has 0 unspecified atom stereocenters. The summed E-state index contributed by atoms with van der Waals surface area (Å²) < 4.78 is 92.1. The van der Waals surface area contributed by atoms with Gasteiger partial charge in [-0.15, -0.1) is 0 Å². The van der Waals surface area contributed by atoms with Gasteiger partial charge in [0.15, 0.2) is 5.76 Å². The van der Waals surface area contributed by atoms with Crippen molar-refractivity contribution in [3.05, 3.63) is 112 Å². The van der Waals surface area contributed by atoms with Gasteiger partial charge in [0.2, 0.25) is 10.0 Å². The summed E-state index contributed by atoms with van der Waals surface area (Å²) in [4.78, 5) is 26.6. The molecule has 1 amide bonds. The molecule has 46 heavy (non-hydrogen) atoms. The van der Waals surface area contributed by atoms with E-state index in [9.17, 15) is 36.3 Å². The first-order valence-electron chi connectivity index (χ1n) is 13.9. The van der Waals surface area contributed by atoms with Crippen LogP contribution in [0.1, 0.15) is 42.5 Å². The molecule has 2 fully saturated rings. The van der Waals surface area contributed by atoms with Gasteiger partial charge in [-0.1, -0.05) is 59.6 Å². The van der Waals surface area contributed by atoms with Gasteiger partial charge in [-0.25, -0.2) is 17.6 Å². The first-order valence-corrected chi connectivity index (χ1v) is 16.2. The maximum Gasteiger partial charge on any atom is 0.391 e. The van der Waals surface area contributed by atoms with Crippen LogP contribution in [-0.4, -0.2) is 54.3 Å². The Labute approximate surface area is 271 Å². The van der Waals surface area contributed by atoms with Crippen molar-refractivity contribution in [1.82, 2.24) is 4.90 Å². The number of hydrogen-bond acceptors (Lipinski definition) is 5. The molecule has 0 spiro atoms. The fraction of sp³-hybridized carbons (Fsp3) is 0.290. The van der Waals surface area contributed by atoms with Crippen molar-refractivity contribution < 1.29 is 45.4 Å². The van der Waals surface area contributed by atoms with Gasteiger partial charge in [-0.3, -0.25) is 9.10 Å². The van der Waals surface area contributed by atoms with Crippen molar-refractivity contribution in [1.29, 1.82) is 0 Å². The third-order valence-electron chi connectivity index (χ3n) is 7.54. The number of carbonyl (C=O) groups excluding carboxylic acids is 1. The molecule has 3 aromatic rings. The van der Waals surface area contributed by atoms with E-state index in [1.165, 1.54) is 60.7 Å². The Morgan fingerprint density at radius 3 is 2.28 bits per heavy atom. The third kappa shape index (κ3) is 7.42. The van der Waals surface area contributed by atoms with E-state index in [0.29, 0.717) is 10.4 Å². The van der Waals surface area contributed by atoms with Crippen LogP contribution in [0.3, 0.4) is 0 Å². The number of carboxylic acid groups (broad SMARTS) is 1. The molecular weight excluding hydrogens is 675 g/mol. The van der Waals surface area contributed by atoms with Gasteiger partial charge in [-0.05, 0) is 60.4 Å². The van der Waals surface area contributed by atoms with Gasteiger partial charge in [0.1, 0.15) is 11.9 Å². The highest BCUT2D eigenvalue weighted by Gasteiger charge is 2.50. The van der Waals surface area contributed by atoms with Crippen molar-refractivity contribution in [2.24, 2.45) is 0 Å². The number of halogens is 6. The summed E-state index contributed by atoms with van der Waals surface area (Å²) in [6.45, 7) is -1.00. The monoisotopic (exact) mass is 700 g/mol. The second-order valence-corrected chi connectivity index (χ2v) is 13.9. The predicted molar refractivity (Wildman–Crippen MR) is 162 cm³/mol. The molecule has 15 heteroatoms. The molecule has 1 aliphatic carbocycles. The summed E-state index contributed by atoms with van der Waals surface area (Å²) in [6, 6.07) is 13.2. The van der Waals surface area contributed by atoms with Gasteiger partial charge in [-0.2, -0.15) is 13.2 Å². The number of carboxylic acids is 1. The number of aliphatic carboxylic acids is 1. The van der Waals surface area contributed by atoms with E-state index in [1.54, 1.807) is 0 Å². The van der Waals surface area contributed by atoms with Crippen molar-refractivity contribution in [3.8, 4) is 0 Å². The van der Waals surface area contributed by atoms with Gasteiger partial charge in [0, 0.05) is 10.0 Å². The zero-order valence-electron chi connectivity index (χ0n) is 23.7. The largest absolute Gasteiger partial charge is 0.478 e. The smallest absolute Gasteiger partial charge is 0.391 e. The zero-order chi connectivity index (χ0) is 33.4. The summed E-state index contributed by atoms with van der Waals surface area (Å²) in [5, 5.41) is 9.08. The number of benzene rings is 3. The first-order chi connectivity index (χ1) is 21.7. The van der Waals surface area contributed by atoms with Gasteiger partial charge in [0.25, 0.3) is 5.91 Å². The third-order valence-corrected chi connectivity index (χ3v) is 10.3. The van der Waals surface area contributed by atoms with Crippen molar-refractivity contribution in [2.75, 3.05) is 10.8 Å². The number of rotatable bonds is 10. The van der Waals surface area contributed by atoms with Crippen LogP contribution in [0.15, 0.2) is 84.6 Å². The number of nitrogens with zero attached hydrogens (tertiary/aromatic N) is 2. The number of ether oxygens (including phenoxy) is 1. The summed E-state index contributed by atoms with van der Waals surface area (Å²) in [6.07, 6.45) is -7.13. The summed E-state index contributed by atoms with van der Waals surface area (Å²) in [5.74, 6) is -4.65. The molecule has 2 aliphatic rings. The Balaban J connectivity index is 1.74. The van der Waals surface area contributed by atoms with E-state index in [1.807, 2.05) is 0 Å². The zero-order valence-corrected chi connectivity index (χ0v) is 26.0. The number of carbonyl (C=O) groups is 2. The van der Waals surface area contributed by atoms with Crippen LogP contribution in [0.2, 0.25) is 10.0 Å². The number of hydrogen-bond donors (Lipinski definition) is 1. The highest BCUT2D eigenvalue weighted by atomic mass is 35.5. The minimum Gasteiger partial charge on any atom is -0.478 e. The molecule has 1 saturated carbocycles. The Kier molecular flexibility index (Phi) is 9.57. The quantitative estimate of drug-likeness (QED) is 0.179. The lowest BCUT2D eigenvalue weighted by atomic mass is 9.90. The number of sulfonamides is 1. The lowest BCUT2D eigenvalue weighted by Gasteiger charge is -2.47. The number of anilines is 1. The molecule has 0 radical (unpaired) electrons. The van der Waals surface area contributed by atoms with E-state index in [2.05, 4.69) is 0 Å². The van der Waals surface area contributed by atoms with Crippen LogP contribution >= 0.6 is 23.2 Å². The standard InChI is InChI=1S/C31H26Cl2F4N2O6S/c32-20-10-8-18(9-11-20)28-29(19-4-3-5-21(33)14-19)45-26(15-27(40)41)30(42)39(28)22(16-31(35,36)37)17-38(46(43,44)23-12-13-23)25-7-2-1-6-24(25)34/h1-11,14-15,22-23,28-29H,12-13,16-17H2,(H,40,41)/b26-15-/t22-,28-,29-/m1/s1. The molecule has 1 heterocycles. The summed E-state index contributed by atoms with van der Waals surface area (Å²) >= 11 is 12.3. The van der Waals surface area contributed by atoms with Crippen LogP contribution in [-0.2, 0) is 24.3 Å². The van der Waals surface area contributed by atoms with Crippen molar-refractivity contribution in [2.45, 2.75) is 48.9 Å². The summed E-state index contributed by atoms with van der Waals surface area (Å²) in [7, 11) is -4.39. The van der Waals surface area contributed by atoms with E-state index in [0.717, 1.165) is 17.0 Å². The van der Waals surface area contributed by atoms with Crippen molar-refractivity contribution in [3.63, 3.8) is 0 Å². The average Bonchev–Trinajstić information content (AvgIpc) is 3.83. The Bertz CT molecular complexity index is 1770. The van der Waals surface area contributed by atoms with Crippen molar-refractivity contribution >= 4 is 50.8 Å². The van der Waals surface area contributed by atoms with Crippen LogP contribution in [0.4, 0.5) is 23.2 Å². The van der Waals surface area contributed by atoms with E-state index in [-0.39, 0.29) is 34.0 Å². The molecule has 3 atom stereocenters. The molecule has 1 saturated heterocycles. The Hall–Kier alpha value is -3.81. The van der Waals surface area contributed by atoms with Gasteiger partial charge >= 0.3 is 12.1 Å². The molecule has 8 nitrogen and oxygen atoms in total. The first kappa shape index (κ1) is 33.6. The summed E-state index contributed by atoms with van der Waals surface area (Å²) in [5.41, 5.74) is 0.0355. The number of morpholine rings is 1. The number of amides is 1. The van der Waals surface area contributed by atoms with Gasteiger partial charge in [0.05, 0.1) is 42.1 Å². The minimum atomic E-state index is -4.96. The van der Waals surface area contributed by atoms with Crippen LogP contribution in [0, 0.1) is 5.82 Å². The fourth-order valence-electron chi connectivity index (χ4n) is 5.43. The van der Waals surface area contributed by atoms with Crippen LogP contribution < -0.4 is 4.31 Å².